The van der Waals surface area contributed by atoms with Crippen molar-refractivity contribution in [2.24, 2.45) is 0 Å². The molecule has 4 nitrogen and oxygen atoms in total. The van der Waals surface area contributed by atoms with E-state index in [0.29, 0.717) is 5.88 Å². The molecule has 1 unspecified atom stereocenters. The first-order valence-electron chi connectivity index (χ1n) is 6.14. The highest BCUT2D eigenvalue weighted by Gasteiger charge is 2.06. The predicted molar refractivity (Wildman–Crippen MR) is 71.7 cm³/mol. The molecule has 1 atom stereocenters. The molecule has 0 aromatic carbocycles. The SMILES string of the molecule is CCCNc1cccc(OC(C)CN(C)C)n1. The molecule has 1 aromatic heterocycles. The van der Waals surface area contributed by atoms with Gasteiger partial charge in [-0.05, 0) is 33.5 Å². The molecule has 96 valence electrons. The highest BCUT2D eigenvalue weighted by molar-refractivity contribution is 5.36. The first-order valence-corrected chi connectivity index (χ1v) is 6.14. The van der Waals surface area contributed by atoms with Crippen LogP contribution in [0.1, 0.15) is 20.3 Å². The summed E-state index contributed by atoms with van der Waals surface area (Å²) in [7, 11) is 4.07. The number of likely N-dealkylation sites (N-methyl/N-ethyl adjacent to an activating group) is 1. The lowest BCUT2D eigenvalue weighted by atomic mass is 10.4. The van der Waals surface area contributed by atoms with E-state index in [4.69, 9.17) is 4.74 Å². The summed E-state index contributed by atoms with van der Waals surface area (Å²) in [5, 5.41) is 3.25. The van der Waals surface area contributed by atoms with Crippen LogP contribution in [0.15, 0.2) is 18.2 Å². The highest BCUT2D eigenvalue weighted by Crippen LogP contribution is 2.13. The van der Waals surface area contributed by atoms with Crippen molar-refractivity contribution >= 4 is 5.82 Å². The number of hydrogen-bond donors (Lipinski definition) is 1. The smallest absolute Gasteiger partial charge is 0.215 e. The molecule has 1 N–H and O–H groups in total. The number of nitrogens with zero attached hydrogens (tertiary/aromatic N) is 2. The Hall–Kier alpha value is -1.29. The quantitative estimate of drug-likeness (QED) is 0.789. The minimum atomic E-state index is 0.138. The zero-order valence-electron chi connectivity index (χ0n) is 11.2. The number of pyridine rings is 1. The van der Waals surface area contributed by atoms with E-state index in [9.17, 15) is 0 Å². The molecule has 4 heteroatoms. The van der Waals surface area contributed by atoms with Crippen molar-refractivity contribution in [3.63, 3.8) is 0 Å². The van der Waals surface area contributed by atoms with Crippen LogP contribution in [0.25, 0.3) is 0 Å². The van der Waals surface area contributed by atoms with E-state index in [0.717, 1.165) is 25.3 Å². The molecule has 0 amide bonds. The lowest BCUT2D eigenvalue weighted by Crippen LogP contribution is -2.28. The lowest BCUT2D eigenvalue weighted by Gasteiger charge is -2.18. The first kappa shape index (κ1) is 13.8. The molecule has 0 bridgehead atoms. The molecule has 0 radical (unpaired) electrons. The van der Waals surface area contributed by atoms with Gasteiger partial charge in [-0.2, -0.15) is 4.98 Å². The van der Waals surface area contributed by atoms with Gasteiger partial charge in [-0.3, -0.25) is 0 Å². The molecule has 17 heavy (non-hydrogen) atoms. The van der Waals surface area contributed by atoms with Crippen molar-refractivity contribution in [2.45, 2.75) is 26.4 Å². The second-order valence-electron chi connectivity index (χ2n) is 4.48. The Kier molecular flexibility index (Phi) is 5.77. The highest BCUT2D eigenvalue weighted by atomic mass is 16.5. The van der Waals surface area contributed by atoms with E-state index >= 15 is 0 Å². The third-order valence-electron chi connectivity index (χ3n) is 2.22. The van der Waals surface area contributed by atoms with Crippen molar-refractivity contribution < 1.29 is 4.74 Å². The van der Waals surface area contributed by atoms with Crippen LogP contribution in [0, 0.1) is 0 Å². The Morgan fingerprint density at radius 2 is 2.18 bits per heavy atom. The summed E-state index contributed by atoms with van der Waals surface area (Å²) in [6.45, 7) is 6.00. The van der Waals surface area contributed by atoms with Gasteiger partial charge < -0.3 is 15.0 Å². The summed E-state index contributed by atoms with van der Waals surface area (Å²) in [4.78, 5) is 6.51. The Morgan fingerprint density at radius 3 is 2.82 bits per heavy atom. The van der Waals surface area contributed by atoms with Gasteiger partial charge >= 0.3 is 0 Å². The number of aromatic nitrogens is 1. The van der Waals surface area contributed by atoms with Crippen LogP contribution in [0.2, 0.25) is 0 Å². The summed E-state index contributed by atoms with van der Waals surface area (Å²) in [6, 6.07) is 5.81. The first-order chi connectivity index (χ1) is 8.11. The third kappa shape index (κ3) is 5.54. The van der Waals surface area contributed by atoms with Crippen molar-refractivity contribution in [3.8, 4) is 5.88 Å². The third-order valence-corrected chi connectivity index (χ3v) is 2.22. The fourth-order valence-electron chi connectivity index (χ4n) is 1.59. The zero-order valence-corrected chi connectivity index (χ0v) is 11.2. The van der Waals surface area contributed by atoms with E-state index in [1.807, 2.05) is 39.2 Å². The van der Waals surface area contributed by atoms with Crippen LogP contribution >= 0.6 is 0 Å². The number of ether oxygens (including phenoxy) is 1. The second kappa shape index (κ2) is 7.12. The molecule has 0 aliphatic rings. The molecule has 1 aromatic rings. The van der Waals surface area contributed by atoms with Gasteiger partial charge in [-0.15, -0.1) is 0 Å². The maximum atomic E-state index is 5.75. The summed E-state index contributed by atoms with van der Waals surface area (Å²) in [5.41, 5.74) is 0. The summed E-state index contributed by atoms with van der Waals surface area (Å²) >= 11 is 0. The van der Waals surface area contributed by atoms with Crippen molar-refractivity contribution in [3.05, 3.63) is 18.2 Å². The summed E-state index contributed by atoms with van der Waals surface area (Å²) in [5.74, 6) is 1.56. The summed E-state index contributed by atoms with van der Waals surface area (Å²) < 4.78 is 5.75. The molecular weight excluding hydrogens is 214 g/mol. The van der Waals surface area contributed by atoms with Crippen LogP contribution in [-0.2, 0) is 0 Å². The van der Waals surface area contributed by atoms with Gasteiger partial charge in [0.15, 0.2) is 0 Å². The fourth-order valence-corrected chi connectivity index (χ4v) is 1.59. The van der Waals surface area contributed by atoms with Crippen LogP contribution in [0.4, 0.5) is 5.82 Å². The Bertz CT molecular complexity index is 328. The second-order valence-corrected chi connectivity index (χ2v) is 4.48. The Balaban J connectivity index is 2.52. The fraction of sp³-hybridized carbons (Fsp3) is 0.615. The standard InChI is InChI=1S/C13H23N3O/c1-5-9-14-12-7-6-8-13(15-12)17-11(2)10-16(3)4/h6-8,11H,5,9-10H2,1-4H3,(H,14,15). The van der Waals surface area contributed by atoms with Gasteiger partial charge in [0, 0.05) is 19.2 Å². The lowest BCUT2D eigenvalue weighted by molar-refractivity contribution is 0.170. The van der Waals surface area contributed by atoms with Gasteiger partial charge in [-0.1, -0.05) is 13.0 Å². The predicted octanol–water partition coefficient (Wildman–Crippen LogP) is 2.23. The van der Waals surface area contributed by atoms with E-state index in [1.54, 1.807) is 0 Å². The molecule has 0 saturated carbocycles. The van der Waals surface area contributed by atoms with Gasteiger partial charge in [0.2, 0.25) is 5.88 Å². The van der Waals surface area contributed by atoms with Crippen molar-refractivity contribution in [1.29, 1.82) is 0 Å². The molecule has 0 saturated heterocycles. The molecule has 0 spiro atoms. The van der Waals surface area contributed by atoms with E-state index in [1.165, 1.54) is 0 Å². The number of anilines is 1. The van der Waals surface area contributed by atoms with E-state index < -0.39 is 0 Å². The van der Waals surface area contributed by atoms with Crippen LogP contribution in [-0.4, -0.2) is 43.2 Å². The van der Waals surface area contributed by atoms with Gasteiger partial charge in [0.05, 0.1) is 0 Å². The summed E-state index contributed by atoms with van der Waals surface area (Å²) in [6.07, 6.45) is 1.22. The maximum Gasteiger partial charge on any atom is 0.215 e. The maximum absolute atomic E-state index is 5.75. The number of nitrogens with one attached hydrogen (secondary N) is 1. The van der Waals surface area contributed by atoms with Gasteiger partial charge in [0.25, 0.3) is 0 Å². The van der Waals surface area contributed by atoms with Gasteiger partial charge in [0.1, 0.15) is 11.9 Å². The van der Waals surface area contributed by atoms with Crippen molar-refractivity contribution in [1.82, 2.24) is 9.88 Å². The number of rotatable bonds is 7. The topological polar surface area (TPSA) is 37.4 Å². The molecular formula is C13H23N3O. The molecule has 0 aliphatic carbocycles. The van der Waals surface area contributed by atoms with Crippen LogP contribution in [0.5, 0.6) is 5.88 Å². The Labute approximate surface area is 104 Å². The monoisotopic (exact) mass is 237 g/mol. The number of hydrogen-bond acceptors (Lipinski definition) is 4. The van der Waals surface area contributed by atoms with Gasteiger partial charge in [-0.25, -0.2) is 0 Å². The molecule has 0 fully saturated rings. The molecule has 1 rings (SSSR count). The zero-order chi connectivity index (χ0) is 12.7. The molecule has 0 aliphatic heterocycles. The minimum Gasteiger partial charge on any atom is -0.473 e. The van der Waals surface area contributed by atoms with Crippen molar-refractivity contribution in [2.75, 3.05) is 32.5 Å². The van der Waals surface area contributed by atoms with E-state index in [2.05, 4.69) is 22.1 Å². The molecule has 1 heterocycles. The average molecular weight is 237 g/mol. The average Bonchev–Trinajstić information content (AvgIpc) is 2.25. The van der Waals surface area contributed by atoms with E-state index in [-0.39, 0.29) is 6.10 Å². The minimum absolute atomic E-state index is 0.138. The largest absolute Gasteiger partial charge is 0.473 e. The van der Waals surface area contributed by atoms with Crippen LogP contribution in [0.3, 0.4) is 0 Å². The van der Waals surface area contributed by atoms with Crippen LogP contribution < -0.4 is 10.1 Å². The normalized spacial score (nSPS) is 12.5. The Morgan fingerprint density at radius 1 is 1.41 bits per heavy atom.